The molecule has 1 saturated heterocycles. The molecule has 1 aliphatic heterocycles. The molecule has 1 atom stereocenters. The standard InChI is InChI=1S/C13H26N4O/c1-11(10-17-5-7-18-8-6-17)9-15-13(14)16(2)12-3-4-12/h11-12H,3-10H2,1-2H3,(H2,14,15). The van der Waals surface area contributed by atoms with Crippen molar-refractivity contribution < 1.29 is 4.74 Å². The average molecular weight is 254 g/mol. The highest BCUT2D eigenvalue weighted by Gasteiger charge is 2.27. The lowest BCUT2D eigenvalue weighted by molar-refractivity contribution is 0.0323. The van der Waals surface area contributed by atoms with Crippen LogP contribution >= 0.6 is 0 Å². The second kappa shape index (κ2) is 6.38. The lowest BCUT2D eigenvalue weighted by Gasteiger charge is -2.28. The largest absolute Gasteiger partial charge is 0.379 e. The Hall–Kier alpha value is -0.810. The van der Waals surface area contributed by atoms with Crippen molar-refractivity contribution >= 4 is 5.96 Å². The fourth-order valence-electron chi connectivity index (χ4n) is 2.29. The maximum Gasteiger partial charge on any atom is 0.191 e. The Morgan fingerprint density at radius 2 is 2.11 bits per heavy atom. The number of aliphatic imine (C=N–C) groups is 1. The van der Waals surface area contributed by atoms with E-state index >= 15 is 0 Å². The minimum Gasteiger partial charge on any atom is -0.379 e. The molecule has 104 valence electrons. The third kappa shape index (κ3) is 4.14. The summed E-state index contributed by atoms with van der Waals surface area (Å²) in [6.45, 7) is 7.97. The Morgan fingerprint density at radius 3 is 2.72 bits per heavy atom. The van der Waals surface area contributed by atoms with Gasteiger partial charge in [-0.05, 0) is 18.8 Å². The van der Waals surface area contributed by atoms with Gasteiger partial charge in [0.25, 0.3) is 0 Å². The number of ether oxygens (including phenoxy) is 1. The van der Waals surface area contributed by atoms with Gasteiger partial charge in [-0.2, -0.15) is 0 Å². The minimum atomic E-state index is 0.550. The summed E-state index contributed by atoms with van der Waals surface area (Å²) in [5.41, 5.74) is 5.98. The van der Waals surface area contributed by atoms with E-state index in [1.807, 2.05) is 7.05 Å². The number of hydrogen-bond donors (Lipinski definition) is 1. The summed E-state index contributed by atoms with van der Waals surface area (Å²) < 4.78 is 5.35. The van der Waals surface area contributed by atoms with E-state index in [-0.39, 0.29) is 0 Å². The first-order chi connectivity index (χ1) is 8.66. The van der Waals surface area contributed by atoms with Gasteiger partial charge < -0.3 is 15.4 Å². The molecule has 1 aliphatic carbocycles. The van der Waals surface area contributed by atoms with Crippen LogP contribution in [0.2, 0.25) is 0 Å². The summed E-state index contributed by atoms with van der Waals surface area (Å²) >= 11 is 0. The molecule has 0 radical (unpaired) electrons. The van der Waals surface area contributed by atoms with Gasteiger partial charge in [0.15, 0.2) is 5.96 Å². The predicted octanol–water partition coefficient (Wildman–Crippen LogP) is 0.364. The third-order valence-corrected chi connectivity index (χ3v) is 3.69. The molecular formula is C13H26N4O. The van der Waals surface area contributed by atoms with Crippen LogP contribution in [0.3, 0.4) is 0 Å². The first-order valence-electron chi connectivity index (χ1n) is 6.99. The van der Waals surface area contributed by atoms with Crippen molar-refractivity contribution in [2.75, 3.05) is 46.4 Å². The van der Waals surface area contributed by atoms with Crippen LogP contribution < -0.4 is 5.73 Å². The van der Waals surface area contributed by atoms with Crippen LogP contribution in [0.4, 0.5) is 0 Å². The van der Waals surface area contributed by atoms with E-state index < -0.39 is 0 Å². The number of hydrogen-bond acceptors (Lipinski definition) is 3. The van der Waals surface area contributed by atoms with Crippen LogP contribution in [0.15, 0.2) is 4.99 Å². The topological polar surface area (TPSA) is 54.1 Å². The normalized spacial score (nSPS) is 24.0. The zero-order valence-corrected chi connectivity index (χ0v) is 11.6. The fourth-order valence-corrected chi connectivity index (χ4v) is 2.29. The summed E-state index contributed by atoms with van der Waals surface area (Å²) in [6, 6.07) is 0.642. The minimum absolute atomic E-state index is 0.550. The molecule has 0 aromatic heterocycles. The van der Waals surface area contributed by atoms with Crippen molar-refractivity contribution in [3.8, 4) is 0 Å². The van der Waals surface area contributed by atoms with Crippen LogP contribution in [-0.4, -0.2) is 68.2 Å². The van der Waals surface area contributed by atoms with E-state index in [9.17, 15) is 0 Å². The van der Waals surface area contributed by atoms with Crippen LogP contribution in [0.25, 0.3) is 0 Å². The van der Waals surface area contributed by atoms with E-state index in [1.165, 1.54) is 12.8 Å². The average Bonchev–Trinajstić information content (AvgIpc) is 3.20. The van der Waals surface area contributed by atoms with Crippen molar-refractivity contribution in [2.24, 2.45) is 16.6 Å². The maximum absolute atomic E-state index is 5.98. The molecule has 1 heterocycles. The summed E-state index contributed by atoms with van der Waals surface area (Å²) in [5, 5.41) is 0. The molecule has 2 rings (SSSR count). The van der Waals surface area contributed by atoms with Gasteiger partial charge in [0, 0.05) is 39.3 Å². The summed E-state index contributed by atoms with van der Waals surface area (Å²) in [7, 11) is 2.04. The van der Waals surface area contributed by atoms with E-state index in [4.69, 9.17) is 10.5 Å². The highest BCUT2D eigenvalue weighted by molar-refractivity contribution is 5.78. The van der Waals surface area contributed by atoms with Gasteiger partial charge in [0.05, 0.1) is 13.2 Å². The monoisotopic (exact) mass is 254 g/mol. The zero-order valence-electron chi connectivity index (χ0n) is 11.6. The van der Waals surface area contributed by atoms with Gasteiger partial charge >= 0.3 is 0 Å². The molecule has 5 heteroatoms. The van der Waals surface area contributed by atoms with E-state index in [0.29, 0.717) is 17.9 Å². The number of guanidine groups is 1. The van der Waals surface area contributed by atoms with Crippen molar-refractivity contribution in [3.05, 3.63) is 0 Å². The molecule has 0 bridgehead atoms. The quantitative estimate of drug-likeness (QED) is 0.569. The predicted molar refractivity (Wildman–Crippen MR) is 73.7 cm³/mol. The van der Waals surface area contributed by atoms with Gasteiger partial charge in [0.2, 0.25) is 0 Å². The van der Waals surface area contributed by atoms with Crippen molar-refractivity contribution in [1.29, 1.82) is 0 Å². The molecule has 0 aromatic rings. The lowest BCUT2D eigenvalue weighted by Crippen LogP contribution is -2.40. The highest BCUT2D eigenvalue weighted by Crippen LogP contribution is 2.24. The molecule has 0 spiro atoms. The van der Waals surface area contributed by atoms with Gasteiger partial charge in [-0.3, -0.25) is 9.89 Å². The maximum atomic E-state index is 5.98. The highest BCUT2D eigenvalue weighted by atomic mass is 16.5. The van der Waals surface area contributed by atoms with Gasteiger partial charge in [-0.15, -0.1) is 0 Å². The molecule has 0 amide bonds. The number of nitrogens with zero attached hydrogens (tertiary/aromatic N) is 3. The summed E-state index contributed by atoms with van der Waals surface area (Å²) in [4.78, 5) is 9.07. The molecular weight excluding hydrogens is 228 g/mol. The smallest absolute Gasteiger partial charge is 0.191 e. The molecule has 2 fully saturated rings. The van der Waals surface area contributed by atoms with Crippen molar-refractivity contribution in [2.45, 2.75) is 25.8 Å². The van der Waals surface area contributed by atoms with Gasteiger partial charge in [-0.25, -0.2) is 0 Å². The fraction of sp³-hybridized carbons (Fsp3) is 0.923. The zero-order chi connectivity index (χ0) is 13.0. The molecule has 0 aromatic carbocycles. The molecule has 5 nitrogen and oxygen atoms in total. The second-order valence-corrected chi connectivity index (χ2v) is 5.56. The van der Waals surface area contributed by atoms with Crippen molar-refractivity contribution in [1.82, 2.24) is 9.80 Å². The number of nitrogens with two attached hydrogens (primary N) is 1. The molecule has 2 N–H and O–H groups in total. The Labute approximate surface area is 110 Å². The van der Waals surface area contributed by atoms with Crippen molar-refractivity contribution in [3.63, 3.8) is 0 Å². The first kappa shape index (κ1) is 13.6. The second-order valence-electron chi connectivity index (χ2n) is 5.56. The summed E-state index contributed by atoms with van der Waals surface area (Å²) in [6.07, 6.45) is 2.52. The van der Waals surface area contributed by atoms with Crippen LogP contribution in [0.1, 0.15) is 19.8 Å². The first-order valence-corrected chi connectivity index (χ1v) is 6.99. The summed E-state index contributed by atoms with van der Waals surface area (Å²) in [5.74, 6) is 1.25. The van der Waals surface area contributed by atoms with Gasteiger partial charge in [0.1, 0.15) is 0 Å². The third-order valence-electron chi connectivity index (χ3n) is 3.69. The molecule has 1 saturated carbocycles. The molecule has 2 aliphatic rings. The molecule has 18 heavy (non-hydrogen) atoms. The van der Waals surface area contributed by atoms with Crippen LogP contribution in [-0.2, 0) is 4.74 Å². The molecule has 1 unspecified atom stereocenters. The Balaban J connectivity index is 1.69. The van der Waals surface area contributed by atoms with E-state index in [2.05, 4.69) is 21.7 Å². The number of morpholine rings is 1. The van der Waals surface area contributed by atoms with Gasteiger partial charge in [-0.1, -0.05) is 6.92 Å². The van der Waals surface area contributed by atoms with E-state index in [1.54, 1.807) is 0 Å². The number of rotatable bonds is 5. The van der Waals surface area contributed by atoms with Crippen LogP contribution in [0, 0.1) is 5.92 Å². The SMILES string of the molecule is CC(CN=C(N)N(C)C1CC1)CN1CCOCC1. The Bertz CT molecular complexity index is 285. The Kier molecular flexibility index (Phi) is 4.83. The lowest BCUT2D eigenvalue weighted by atomic mass is 10.1. The van der Waals surface area contributed by atoms with Crippen LogP contribution in [0.5, 0.6) is 0 Å². The van der Waals surface area contributed by atoms with E-state index in [0.717, 1.165) is 39.4 Å². The Morgan fingerprint density at radius 1 is 1.44 bits per heavy atom.